The Labute approximate surface area is 135 Å². The van der Waals surface area contributed by atoms with Crippen molar-refractivity contribution in [1.82, 2.24) is 0 Å². The Bertz CT molecular complexity index is 883. The molecule has 2 atom stereocenters. The highest BCUT2D eigenvalue weighted by Gasteiger charge is 2.43. The molecule has 5 rings (SSSR count). The molecule has 1 saturated heterocycles. The second kappa shape index (κ2) is 4.74. The Morgan fingerprint density at radius 3 is 2.43 bits per heavy atom. The molecular formula is C20H17NO2. The number of benzene rings is 3. The van der Waals surface area contributed by atoms with E-state index in [1.807, 2.05) is 12.1 Å². The molecule has 23 heavy (non-hydrogen) atoms. The fraction of sp³-hybridized carbons (Fsp3) is 0.200. The lowest BCUT2D eigenvalue weighted by Crippen LogP contribution is -2.22. The Hall–Kier alpha value is -2.52. The fourth-order valence-electron chi connectivity index (χ4n) is 3.98. The van der Waals surface area contributed by atoms with E-state index < -0.39 is 0 Å². The van der Waals surface area contributed by atoms with Crippen LogP contribution in [0.4, 0.5) is 5.69 Å². The summed E-state index contributed by atoms with van der Waals surface area (Å²) in [4.78, 5) is 2.35. The molecular weight excluding hydrogens is 286 g/mol. The van der Waals surface area contributed by atoms with Crippen LogP contribution < -0.4 is 9.64 Å². The van der Waals surface area contributed by atoms with Crippen molar-refractivity contribution >= 4 is 16.5 Å². The predicted molar refractivity (Wildman–Crippen MR) is 90.9 cm³/mol. The third kappa shape index (κ3) is 1.74. The maximum atomic E-state index is 6.17. The minimum absolute atomic E-state index is 0.123. The summed E-state index contributed by atoms with van der Waals surface area (Å²) in [6, 6.07) is 21.6. The monoisotopic (exact) mass is 303 g/mol. The van der Waals surface area contributed by atoms with E-state index in [0.717, 1.165) is 5.75 Å². The highest BCUT2D eigenvalue weighted by atomic mass is 16.5. The van der Waals surface area contributed by atoms with E-state index in [2.05, 4.69) is 53.4 Å². The molecule has 3 nitrogen and oxygen atoms in total. The van der Waals surface area contributed by atoms with Crippen molar-refractivity contribution in [2.24, 2.45) is 0 Å². The first kappa shape index (κ1) is 13.0. The number of ether oxygens (including phenoxy) is 2. The number of anilines is 1. The van der Waals surface area contributed by atoms with Crippen LogP contribution in [0.15, 0.2) is 60.7 Å². The number of methoxy groups -OCH3 is 1. The van der Waals surface area contributed by atoms with E-state index >= 15 is 0 Å². The molecule has 0 saturated carbocycles. The molecule has 3 aromatic carbocycles. The molecule has 114 valence electrons. The Morgan fingerprint density at radius 1 is 0.957 bits per heavy atom. The maximum absolute atomic E-state index is 6.17. The van der Waals surface area contributed by atoms with Crippen molar-refractivity contribution in [3.63, 3.8) is 0 Å². The van der Waals surface area contributed by atoms with E-state index in [9.17, 15) is 0 Å². The minimum Gasteiger partial charge on any atom is -0.497 e. The molecule has 1 heterocycles. The van der Waals surface area contributed by atoms with Gasteiger partial charge in [-0.2, -0.15) is 0 Å². The first-order valence-corrected chi connectivity index (χ1v) is 7.90. The van der Waals surface area contributed by atoms with Crippen molar-refractivity contribution in [3.8, 4) is 5.75 Å². The van der Waals surface area contributed by atoms with Gasteiger partial charge in [0, 0.05) is 5.69 Å². The molecule has 0 radical (unpaired) electrons. The molecule has 2 aliphatic rings. The number of fused-ring (bicyclic) bond motifs is 3. The average Bonchev–Trinajstić information content (AvgIpc) is 3.17. The van der Waals surface area contributed by atoms with Gasteiger partial charge in [-0.15, -0.1) is 0 Å². The summed E-state index contributed by atoms with van der Waals surface area (Å²) in [5.74, 6) is 0.877. The first-order chi connectivity index (χ1) is 11.4. The molecule has 3 heteroatoms. The van der Waals surface area contributed by atoms with Gasteiger partial charge >= 0.3 is 0 Å². The average molecular weight is 303 g/mol. The van der Waals surface area contributed by atoms with Gasteiger partial charge < -0.3 is 14.4 Å². The lowest BCUT2D eigenvalue weighted by molar-refractivity contribution is 0.109. The number of hydrogen-bond donors (Lipinski definition) is 0. The molecule has 0 spiro atoms. The van der Waals surface area contributed by atoms with Crippen LogP contribution in [0.2, 0.25) is 0 Å². The summed E-state index contributed by atoms with van der Waals surface area (Å²) >= 11 is 0. The Morgan fingerprint density at radius 2 is 1.70 bits per heavy atom. The third-order valence-corrected chi connectivity index (χ3v) is 5.01. The van der Waals surface area contributed by atoms with Crippen molar-refractivity contribution < 1.29 is 9.47 Å². The zero-order chi connectivity index (χ0) is 15.4. The number of nitrogens with zero attached hydrogens (tertiary/aromatic N) is 1. The fourth-order valence-corrected chi connectivity index (χ4v) is 3.98. The van der Waals surface area contributed by atoms with Gasteiger partial charge in [0.05, 0.1) is 13.2 Å². The number of hydrogen-bond acceptors (Lipinski definition) is 3. The lowest BCUT2D eigenvalue weighted by Gasteiger charge is -2.25. The standard InChI is InChI=1S/C20H17NO2/c1-22-15-10-8-14(9-11-15)21-12-23-20-17-7-3-5-13-4-2-6-16(18(13)17)19(20)21/h2-11,19-20H,12H2,1H3/t19-,20+/m1/s1. The molecule has 0 unspecified atom stereocenters. The van der Waals surface area contributed by atoms with Crippen LogP contribution >= 0.6 is 0 Å². The second-order valence-corrected chi connectivity index (χ2v) is 6.12. The Kier molecular flexibility index (Phi) is 2.67. The summed E-state index contributed by atoms with van der Waals surface area (Å²) in [5.41, 5.74) is 3.86. The van der Waals surface area contributed by atoms with Gasteiger partial charge in [0.1, 0.15) is 18.6 Å². The van der Waals surface area contributed by atoms with Crippen LogP contribution in [0.5, 0.6) is 5.75 Å². The molecule has 0 aromatic heterocycles. The SMILES string of the molecule is COc1ccc(N2CO[C@H]3c4cccc5cccc(c45)[C@H]32)cc1. The van der Waals surface area contributed by atoms with Gasteiger partial charge in [-0.05, 0) is 46.2 Å². The molecule has 0 N–H and O–H groups in total. The third-order valence-electron chi connectivity index (χ3n) is 5.01. The molecule has 1 aliphatic carbocycles. The molecule has 3 aromatic rings. The van der Waals surface area contributed by atoms with Crippen LogP contribution in [-0.2, 0) is 4.74 Å². The van der Waals surface area contributed by atoms with Gasteiger partial charge in [-0.25, -0.2) is 0 Å². The van der Waals surface area contributed by atoms with Crippen molar-refractivity contribution in [3.05, 3.63) is 71.8 Å². The zero-order valence-electron chi connectivity index (χ0n) is 12.9. The van der Waals surface area contributed by atoms with Crippen LogP contribution in [0.25, 0.3) is 10.8 Å². The summed E-state index contributed by atoms with van der Waals surface area (Å²) < 4.78 is 11.4. The minimum atomic E-state index is 0.123. The van der Waals surface area contributed by atoms with E-state index in [0.29, 0.717) is 6.73 Å². The molecule has 1 aliphatic heterocycles. The lowest BCUT2D eigenvalue weighted by atomic mass is 10.0. The quantitative estimate of drug-likeness (QED) is 0.698. The molecule has 0 bridgehead atoms. The topological polar surface area (TPSA) is 21.7 Å². The molecule has 0 amide bonds. The van der Waals surface area contributed by atoms with Crippen LogP contribution in [0.3, 0.4) is 0 Å². The van der Waals surface area contributed by atoms with Crippen molar-refractivity contribution in [2.45, 2.75) is 12.1 Å². The predicted octanol–water partition coefficient (Wildman–Crippen LogP) is 4.44. The normalized spacial score (nSPS) is 21.7. The second-order valence-electron chi connectivity index (χ2n) is 6.12. The van der Waals surface area contributed by atoms with Gasteiger partial charge in [0.25, 0.3) is 0 Å². The van der Waals surface area contributed by atoms with Gasteiger partial charge in [-0.1, -0.05) is 36.4 Å². The zero-order valence-corrected chi connectivity index (χ0v) is 12.9. The van der Waals surface area contributed by atoms with E-state index in [1.165, 1.54) is 27.6 Å². The highest BCUT2D eigenvalue weighted by molar-refractivity contribution is 5.92. The van der Waals surface area contributed by atoms with Gasteiger partial charge in [0.15, 0.2) is 0 Å². The van der Waals surface area contributed by atoms with E-state index in [1.54, 1.807) is 7.11 Å². The van der Waals surface area contributed by atoms with Crippen LogP contribution in [0.1, 0.15) is 23.3 Å². The summed E-state index contributed by atoms with van der Waals surface area (Å²) in [6.45, 7) is 0.617. The summed E-state index contributed by atoms with van der Waals surface area (Å²) in [7, 11) is 1.69. The van der Waals surface area contributed by atoms with E-state index in [-0.39, 0.29) is 12.1 Å². The van der Waals surface area contributed by atoms with Crippen molar-refractivity contribution in [1.29, 1.82) is 0 Å². The maximum Gasteiger partial charge on any atom is 0.120 e. The first-order valence-electron chi connectivity index (χ1n) is 7.90. The van der Waals surface area contributed by atoms with Gasteiger partial charge in [0.2, 0.25) is 0 Å². The van der Waals surface area contributed by atoms with Crippen LogP contribution in [-0.4, -0.2) is 13.8 Å². The Balaban J connectivity index is 1.63. The smallest absolute Gasteiger partial charge is 0.120 e. The summed E-state index contributed by atoms with van der Waals surface area (Å²) in [6.07, 6.45) is 0.123. The van der Waals surface area contributed by atoms with Gasteiger partial charge in [-0.3, -0.25) is 0 Å². The number of rotatable bonds is 2. The summed E-state index contributed by atoms with van der Waals surface area (Å²) in [5, 5.41) is 2.66. The largest absolute Gasteiger partial charge is 0.497 e. The van der Waals surface area contributed by atoms with E-state index in [4.69, 9.17) is 9.47 Å². The van der Waals surface area contributed by atoms with Crippen molar-refractivity contribution in [2.75, 3.05) is 18.7 Å². The van der Waals surface area contributed by atoms with Crippen LogP contribution in [0, 0.1) is 0 Å². The highest BCUT2D eigenvalue weighted by Crippen LogP contribution is 2.53. The molecule has 1 fully saturated rings.